The molecule has 0 saturated heterocycles. The normalized spacial score (nSPS) is 12.5. The van der Waals surface area contributed by atoms with Crippen LogP contribution in [-0.4, -0.2) is 25.3 Å². The minimum Gasteiger partial charge on any atom is -0.368 e. The summed E-state index contributed by atoms with van der Waals surface area (Å²) in [7, 11) is -4.29. The highest BCUT2D eigenvalue weighted by Crippen LogP contribution is 2.23. The van der Waals surface area contributed by atoms with Crippen molar-refractivity contribution in [2.45, 2.75) is 17.4 Å². The number of primary amides is 1. The molecule has 0 bridgehead atoms. The molecule has 3 N–H and O–H groups in total. The number of carbonyl (C=O) groups excluding carboxylic acids is 1. The van der Waals surface area contributed by atoms with Gasteiger partial charge in [-0.25, -0.2) is 8.42 Å². The number of benzene rings is 2. The van der Waals surface area contributed by atoms with Crippen molar-refractivity contribution in [1.29, 1.82) is 0 Å². The zero-order valence-electron chi connectivity index (χ0n) is 12.5. The largest absolute Gasteiger partial charge is 0.368 e. The molecule has 0 fully saturated rings. The van der Waals surface area contributed by atoms with E-state index in [2.05, 4.69) is 4.72 Å². The predicted octanol–water partition coefficient (Wildman–Crippen LogP) is 0.970. The van der Waals surface area contributed by atoms with Crippen molar-refractivity contribution >= 4 is 21.6 Å². The van der Waals surface area contributed by atoms with Crippen molar-refractivity contribution in [3.63, 3.8) is 0 Å². The Hall–Kier alpha value is -2.78. The third kappa shape index (κ3) is 4.15. The number of sulfonamides is 1. The summed E-state index contributed by atoms with van der Waals surface area (Å²) in [4.78, 5) is 21.3. The van der Waals surface area contributed by atoms with Gasteiger partial charge >= 0.3 is 0 Å². The lowest BCUT2D eigenvalue weighted by Gasteiger charge is -2.15. The molecule has 8 nitrogen and oxygen atoms in total. The molecule has 0 radical (unpaired) electrons. The highest BCUT2D eigenvalue weighted by Gasteiger charge is 2.29. The zero-order valence-corrected chi connectivity index (χ0v) is 13.3. The molecule has 2 aromatic carbocycles. The third-order valence-corrected chi connectivity index (χ3v) is 4.79. The number of para-hydroxylation sites is 1. The summed E-state index contributed by atoms with van der Waals surface area (Å²) in [6.07, 6.45) is 0.0377. The molecule has 0 spiro atoms. The molecule has 0 aliphatic heterocycles. The maximum atomic E-state index is 12.4. The number of amides is 1. The molecule has 2 aromatic rings. The highest BCUT2D eigenvalue weighted by atomic mass is 32.2. The van der Waals surface area contributed by atoms with E-state index >= 15 is 0 Å². The summed E-state index contributed by atoms with van der Waals surface area (Å²) in [6.45, 7) is 0. The van der Waals surface area contributed by atoms with Gasteiger partial charge in [-0.1, -0.05) is 42.5 Å². The number of carbonyl (C=O) groups is 1. The van der Waals surface area contributed by atoms with Gasteiger partial charge in [-0.05, 0) is 18.1 Å². The van der Waals surface area contributed by atoms with Crippen LogP contribution in [0.2, 0.25) is 0 Å². The number of hydrogen-bond donors (Lipinski definition) is 2. The number of nitrogens with two attached hydrogens (primary N) is 1. The van der Waals surface area contributed by atoms with Crippen LogP contribution in [-0.2, 0) is 21.2 Å². The standard InChI is InChI=1S/C15H15N3O5S/c16-15(19)12(10-11-6-2-1-3-7-11)17-24(22,23)14-9-5-4-8-13(14)18(20)21/h1-9,12,17H,10H2,(H2,16,19)/t12-/m1/s1. The maximum Gasteiger partial charge on any atom is 0.289 e. The molecule has 1 amide bonds. The molecule has 9 heteroatoms. The second-order valence-corrected chi connectivity index (χ2v) is 6.67. The number of nitrogens with zero attached hydrogens (tertiary/aromatic N) is 1. The van der Waals surface area contributed by atoms with Crippen LogP contribution < -0.4 is 10.5 Å². The van der Waals surface area contributed by atoms with Gasteiger partial charge in [0, 0.05) is 6.07 Å². The Morgan fingerprint density at radius 2 is 1.71 bits per heavy atom. The van der Waals surface area contributed by atoms with Gasteiger partial charge in [-0.15, -0.1) is 0 Å². The minimum absolute atomic E-state index is 0.0377. The van der Waals surface area contributed by atoms with Crippen LogP contribution >= 0.6 is 0 Å². The molecule has 0 aliphatic carbocycles. The van der Waals surface area contributed by atoms with Gasteiger partial charge in [-0.3, -0.25) is 14.9 Å². The van der Waals surface area contributed by atoms with Crippen molar-refractivity contribution in [1.82, 2.24) is 4.72 Å². The molecule has 0 heterocycles. The Morgan fingerprint density at radius 1 is 1.12 bits per heavy atom. The van der Waals surface area contributed by atoms with Gasteiger partial charge < -0.3 is 5.73 Å². The Bertz CT molecular complexity index is 852. The second kappa shape index (κ2) is 7.20. The summed E-state index contributed by atoms with van der Waals surface area (Å²) in [5.41, 5.74) is 5.39. The lowest BCUT2D eigenvalue weighted by molar-refractivity contribution is -0.387. The Morgan fingerprint density at radius 3 is 2.29 bits per heavy atom. The lowest BCUT2D eigenvalue weighted by atomic mass is 10.1. The van der Waals surface area contributed by atoms with E-state index in [4.69, 9.17) is 5.73 Å². The van der Waals surface area contributed by atoms with Crippen molar-refractivity contribution in [2.24, 2.45) is 5.73 Å². The predicted molar refractivity (Wildman–Crippen MR) is 86.5 cm³/mol. The van der Waals surface area contributed by atoms with Crippen molar-refractivity contribution in [3.8, 4) is 0 Å². The summed E-state index contributed by atoms with van der Waals surface area (Å²) >= 11 is 0. The highest BCUT2D eigenvalue weighted by molar-refractivity contribution is 7.89. The lowest BCUT2D eigenvalue weighted by Crippen LogP contribution is -2.45. The molecular formula is C15H15N3O5S. The van der Waals surface area contributed by atoms with Gasteiger partial charge in [0.2, 0.25) is 15.9 Å². The maximum absolute atomic E-state index is 12.4. The Labute approximate surface area is 138 Å². The summed E-state index contributed by atoms with van der Waals surface area (Å²) in [5.74, 6) is -0.874. The fourth-order valence-electron chi connectivity index (χ4n) is 2.14. The van der Waals surface area contributed by atoms with E-state index < -0.39 is 37.5 Å². The zero-order chi connectivity index (χ0) is 17.7. The van der Waals surface area contributed by atoms with Crippen LogP contribution in [0.5, 0.6) is 0 Å². The molecule has 126 valence electrons. The molecule has 0 saturated carbocycles. The number of nitro benzene ring substituents is 1. The van der Waals surface area contributed by atoms with E-state index in [-0.39, 0.29) is 6.42 Å². The fraction of sp³-hybridized carbons (Fsp3) is 0.133. The summed E-state index contributed by atoms with van der Waals surface area (Å²) in [5, 5.41) is 11.0. The number of rotatable bonds is 7. The smallest absolute Gasteiger partial charge is 0.289 e. The SMILES string of the molecule is NC(=O)[C@@H](Cc1ccccc1)NS(=O)(=O)c1ccccc1[N+](=O)[O-]. The minimum atomic E-state index is -4.29. The molecule has 2 rings (SSSR count). The van der Waals surface area contributed by atoms with Crippen molar-refractivity contribution < 1.29 is 18.1 Å². The topological polar surface area (TPSA) is 132 Å². The van der Waals surface area contributed by atoms with E-state index in [1.165, 1.54) is 12.1 Å². The van der Waals surface area contributed by atoms with Crippen molar-refractivity contribution in [2.75, 3.05) is 0 Å². The van der Waals surface area contributed by atoms with E-state index in [9.17, 15) is 23.3 Å². The first-order valence-corrected chi connectivity index (χ1v) is 8.38. The fourth-order valence-corrected chi connectivity index (χ4v) is 3.51. The van der Waals surface area contributed by atoms with Crippen LogP contribution in [0.3, 0.4) is 0 Å². The summed E-state index contributed by atoms with van der Waals surface area (Å²) in [6, 6.07) is 12.4. The Balaban J connectivity index is 2.32. The molecular weight excluding hydrogens is 334 g/mol. The van der Waals surface area contributed by atoms with Gasteiger partial charge in [0.05, 0.1) is 4.92 Å². The van der Waals surface area contributed by atoms with E-state index in [0.29, 0.717) is 5.56 Å². The first-order chi connectivity index (χ1) is 11.3. The third-order valence-electron chi connectivity index (χ3n) is 3.27. The molecule has 0 aliphatic rings. The monoisotopic (exact) mass is 349 g/mol. The number of nitro groups is 1. The van der Waals surface area contributed by atoms with Crippen LogP contribution in [0.1, 0.15) is 5.56 Å². The molecule has 24 heavy (non-hydrogen) atoms. The van der Waals surface area contributed by atoms with Gasteiger partial charge in [-0.2, -0.15) is 4.72 Å². The number of nitrogens with one attached hydrogen (secondary N) is 1. The Kier molecular flexibility index (Phi) is 5.27. The quantitative estimate of drug-likeness (QED) is 0.568. The van der Waals surface area contributed by atoms with Gasteiger partial charge in [0.1, 0.15) is 6.04 Å². The molecule has 1 atom stereocenters. The van der Waals surface area contributed by atoms with Gasteiger partial charge in [0.15, 0.2) is 4.90 Å². The van der Waals surface area contributed by atoms with E-state index in [0.717, 1.165) is 12.1 Å². The second-order valence-electron chi connectivity index (χ2n) is 4.99. The molecule has 0 aromatic heterocycles. The van der Waals surface area contributed by atoms with Gasteiger partial charge in [0.25, 0.3) is 5.69 Å². The molecule has 0 unspecified atom stereocenters. The summed E-state index contributed by atoms with van der Waals surface area (Å²) < 4.78 is 27.0. The average Bonchev–Trinajstić information content (AvgIpc) is 2.55. The van der Waals surface area contributed by atoms with Crippen molar-refractivity contribution in [3.05, 3.63) is 70.3 Å². The van der Waals surface area contributed by atoms with Crippen LogP contribution in [0.4, 0.5) is 5.69 Å². The van der Waals surface area contributed by atoms with Crippen LogP contribution in [0.15, 0.2) is 59.5 Å². The van der Waals surface area contributed by atoms with E-state index in [1.807, 2.05) is 0 Å². The first kappa shape index (κ1) is 17.6. The van der Waals surface area contributed by atoms with Crippen LogP contribution in [0.25, 0.3) is 0 Å². The van der Waals surface area contributed by atoms with Crippen LogP contribution in [0, 0.1) is 10.1 Å². The van der Waals surface area contributed by atoms with E-state index in [1.54, 1.807) is 30.3 Å². The first-order valence-electron chi connectivity index (χ1n) is 6.90. The average molecular weight is 349 g/mol. The number of hydrogen-bond acceptors (Lipinski definition) is 5.